The second-order valence-electron chi connectivity index (χ2n) is 4.08. The molecule has 0 aliphatic heterocycles. The standard InChI is InChI=1S/C13H13Br2ClN2O/c1-18-4-3-17-12(18)2-5-19-13-10(14)6-9(8-16)7-11(13)15/h3-4,6-7H,2,5,8H2,1H3. The maximum atomic E-state index is 5.82. The number of aromatic nitrogens is 2. The van der Waals surface area contributed by atoms with Crippen LogP contribution < -0.4 is 4.74 Å². The van der Waals surface area contributed by atoms with Crippen LogP contribution in [0.25, 0.3) is 0 Å². The van der Waals surface area contributed by atoms with E-state index < -0.39 is 0 Å². The number of halogens is 3. The van der Waals surface area contributed by atoms with Gasteiger partial charge in [-0.25, -0.2) is 4.98 Å². The Hall–Kier alpha value is -0.520. The van der Waals surface area contributed by atoms with E-state index in [0.29, 0.717) is 12.5 Å². The number of hydrogen-bond acceptors (Lipinski definition) is 2. The summed E-state index contributed by atoms with van der Waals surface area (Å²) in [5, 5.41) is 0. The molecule has 6 heteroatoms. The van der Waals surface area contributed by atoms with Crippen LogP contribution in [-0.2, 0) is 19.3 Å². The first-order valence-electron chi connectivity index (χ1n) is 5.74. The number of benzene rings is 1. The van der Waals surface area contributed by atoms with E-state index in [9.17, 15) is 0 Å². The summed E-state index contributed by atoms with van der Waals surface area (Å²) in [5.74, 6) is 2.28. The van der Waals surface area contributed by atoms with Gasteiger partial charge < -0.3 is 9.30 Å². The maximum absolute atomic E-state index is 5.82. The predicted octanol–water partition coefficient (Wildman–Crippen LogP) is 4.31. The molecule has 0 fully saturated rings. The minimum absolute atomic E-state index is 0.477. The van der Waals surface area contributed by atoms with E-state index in [4.69, 9.17) is 16.3 Å². The molecule has 0 amide bonds. The van der Waals surface area contributed by atoms with E-state index in [-0.39, 0.29) is 0 Å². The second-order valence-corrected chi connectivity index (χ2v) is 6.05. The van der Waals surface area contributed by atoms with Gasteiger partial charge in [0.1, 0.15) is 11.6 Å². The van der Waals surface area contributed by atoms with Crippen LogP contribution in [0.5, 0.6) is 5.75 Å². The van der Waals surface area contributed by atoms with Gasteiger partial charge >= 0.3 is 0 Å². The predicted molar refractivity (Wildman–Crippen MR) is 83.8 cm³/mol. The Morgan fingerprint density at radius 2 is 2.00 bits per heavy atom. The van der Waals surface area contributed by atoms with Gasteiger partial charge in [0.15, 0.2) is 0 Å². The average molecular weight is 409 g/mol. The summed E-state index contributed by atoms with van der Waals surface area (Å²) in [5.41, 5.74) is 1.04. The van der Waals surface area contributed by atoms with Gasteiger partial charge in [0.05, 0.1) is 15.6 Å². The Morgan fingerprint density at radius 3 is 2.53 bits per heavy atom. The lowest BCUT2D eigenvalue weighted by molar-refractivity contribution is 0.313. The van der Waals surface area contributed by atoms with Crippen LogP contribution >= 0.6 is 43.5 Å². The lowest BCUT2D eigenvalue weighted by atomic mass is 10.2. The molecule has 102 valence electrons. The quantitative estimate of drug-likeness (QED) is 0.690. The summed E-state index contributed by atoms with van der Waals surface area (Å²) in [6.45, 7) is 0.572. The minimum Gasteiger partial charge on any atom is -0.491 e. The lowest BCUT2D eigenvalue weighted by Crippen LogP contribution is -2.07. The Labute approximate surface area is 134 Å². The van der Waals surface area contributed by atoms with Gasteiger partial charge in [-0.2, -0.15) is 0 Å². The highest BCUT2D eigenvalue weighted by Crippen LogP contribution is 2.35. The molecule has 0 aliphatic rings. The van der Waals surface area contributed by atoms with Crippen molar-refractivity contribution in [1.29, 1.82) is 0 Å². The molecule has 0 saturated carbocycles. The van der Waals surface area contributed by atoms with Crippen LogP contribution in [0.15, 0.2) is 33.5 Å². The van der Waals surface area contributed by atoms with E-state index in [1.807, 2.05) is 29.9 Å². The van der Waals surface area contributed by atoms with E-state index >= 15 is 0 Å². The molecule has 0 bridgehead atoms. The fraction of sp³-hybridized carbons (Fsp3) is 0.308. The number of ether oxygens (including phenoxy) is 1. The van der Waals surface area contributed by atoms with E-state index in [1.165, 1.54) is 0 Å². The van der Waals surface area contributed by atoms with Crippen molar-refractivity contribution >= 4 is 43.5 Å². The van der Waals surface area contributed by atoms with Crippen LogP contribution in [0, 0.1) is 0 Å². The highest BCUT2D eigenvalue weighted by atomic mass is 79.9. The summed E-state index contributed by atoms with van der Waals surface area (Å²) in [4.78, 5) is 4.26. The maximum Gasteiger partial charge on any atom is 0.147 e. The lowest BCUT2D eigenvalue weighted by Gasteiger charge is -2.11. The van der Waals surface area contributed by atoms with Crippen LogP contribution in [0.1, 0.15) is 11.4 Å². The summed E-state index contributed by atoms with van der Waals surface area (Å²) in [6, 6.07) is 3.93. The van der Waals surface area contributed by atoms with Gasteiger partial charge in [-0.1, -0.05) is 0 Å². The molecular weight excluding hydrogens is 395 g/mol. The van der Waals surface area contributed by atoms with Crippen molar-refractivity contribution in [3.63, 3.8) is 0 Å². The van der Waals surface area contributed by atoms with E-state index in [2.05, 4.69) is 36.8 Å². The van der Waals surface area contributed by atoms with Crippen molar-refractivity contribution in [3.8, 4) is 5.75 Å². The molecule has 1 heterocycles. The Balaban J connectivity index is 2.02. The fourth-order valence-corrected chi connectivity index (χ4v) is 3.37. The zero-order chi connectivity index (χ0) is 13.8. The monoisotopic (exact) mass is 406 g/mol. The largest absolute Gasteiger partial charge is 0.491 e. The molecule has 0 spiro atoms. The minimum atomic E-state index is 0.477. The third-order valence-electron chi connectivity index (χ3n) is 2.71. The van der Waals surface area contributed by atoms with Gasteiger partial charge in [-0.05, 0) is 49.6 Å². The van der Waals surface area contributed by atoms with Gasteiger partial charge in [0.2, 0.25) is 0 Å². The number of aryl methyl sites for hydroxylation is 1. The van der Waals surface area contributed by atoms with Crippen molar-refractivity contribution < 1.29 is 4.74 Å². The molecular formula is C13H13Br2ClN2O. The number of alkyl halides is 1. The molecule has 0 atom stereocenters. The molecule has 0 saturated heterocycles. The number of nitrogens with zero attached hydrogens (tertiary/aromatic N) is 2. The molecule has 3 nitrogen and oxygen atoms in total. The molecule has 0 N–H and O–H groups in total. The van der Waals surface area contributed by atoms with Crippen molar-refractivity contribution in [1.82, 2.24) is 9.55 Å². The van der Waals surface area contributed by atoms with Crippen molar-refractivity contribution in [2.45, 2.75) is 12.3 Å². The first kappa shape index (κ1) is 14.9. The topological polar surface area (TPSA) is 27.1 Å². The van der Waals surface area contributed by atoms with Crippen LogP contribution in [0.2, 0.25) is 0 Å². The Morgan fingerprint density at radius 1 is 1.32 bits per heavy atom. The normalized spacial score (nSPS) is 10.7. The van der Waals surface area contributed by atoms with Crippen molar-refractivity contribution in [2.75, 3.05) is 6.61 Å². The molecule has 19 heavy (non-hydrogen) atoms. The summed E-state index contributed by atoms with van der Waals surface area (Å²) in [7, 11) is 1.98. The summed E-state index contributed by atoms with van der Waals surface area (Å²) in [6.07, 6.45) is 4.48. The first-order chi connectivity index (χ1) is 9.11. The van der Waals surface area contributed by atoms with Crippen LogP contribution in [0.3, 0.4) is 0 Å². The first-order valence-corrected chi connectivity index (χ1v) is 7.86. The van der Waals surface area contributed by atoms with Gasteiger partial charge in [-0.15, -0.1) is 11.6 Å². The SMILES string of the molecule is Cn1ccnc1CCOc1c(Br)cc(CCl)cc1Br. The zero-order valence-electron chi connectivity index (χ0n) is 10.4. The Bertz CT molecular complexity index is 549. The van der Waals surface area contributed by atoms with Crippen LogP contribution in [-0.4, -0.2) is 16.2 Å². The molecule has 0 radical (unpaired) electrons. The van der Waals surface area contributed by atoms with Gasteiger partial charge in [0.25, 0.3) is 0 Å². The molecule has 0 aliphatic carbocycles. The third kappa shape index (κ3) is 3.74. The fourth-order valence-electron chi connectivity index (χ4n) is 1.71. The number of rotatable bonds is 5. The highest BCUT2D eigenvalue weighted by Gasteiger charge is 2.09. The summed E-state index contributed by atoms with van der Waals surface area (Å²) >= 11 is 12.8. The Kier molecular flexibility index (Phi) is 5.30. The number of imidazole rings is 1. The third-order valence-corrected chi connectivity index (χ3v) is 4.19. The van der Waals surface area contributed by atoms with Crippen molar-refractivity contribution in [2.24, 2.45) is 7.05 Å². The molecule has 2 rings (SSSR count). The second kappa shape index (κ2) is 6.77. The molecule has 2 aromatic rings. The van der Waals surface area contributed by atoms with E-state index in [0.717, 1.165) is 32.5 Å². The van der Waals surface area contributed by atoms with Gasteiger partial charge in [-0.3, -0.25) is 0 Å². The smallest absolute Gasteiger partial charge is 0.147 e. The molecule has 1 aromatic heterocycles. The zero-order valence-corrected chi connectivity index (χ0v) is 14.3. The van der Waals surface area contributed by atoms with Crippen LogP contribution in [0.4, 0.5) is 0 Å². The van der Waals surface area contributed by atoms with E-state index in [1.54, 1.807) is 6.20 Å². The number of hydrogen-bond donors (Lipinski definition) is 0. The highest BCUT2D eigenvalue weighted by molar-refractivity contribution is 9.11. The van der Waals surface area contributed by atoms with Crippen molar-refractivity contribution in [3.05, 3.63) is 44.9 Å². The van der Waals surface area contributed by atoms with Gasteiger partial charge in [0, 0.05) is 31.7 Å². The summed E-state index contributed by atoms with van der Waals surface area (Å²) < 4.78 is 9.60. The molecule has 0 unspecified atom stereocenters. The average Bonchev–Trinajstić information content (AvgIpc) is 2.78. The molecule has 1 aromatic carbocycles.